The lowest BCUT2D eigenvalue weighted by molar-refractivity contribution is -0.137. The van der Waals surface area contributed by atoms with Crippen LogP contribution in [0.1, 0.15) is 76.9 Å². The lowest BCUT2D eigenvalue weighted by Crippen LogP contribution is -2.45. The molecular weight excluding hydrogens is 495 g/mol. The van der Waals surface area contributed by atoms with Crippen molar-refractivity contribution in [1.29, 1.82) is 0 Å². The van der Waals surface area contributed by atoms with Crippen LogP contribution >= 0.6 is 0 Å². The molecule has 12 heteroatoms. The Morgan fingerprint density at radius 3 is 2.08 bits per heavy atom. The lowest BCUT2D eigenvalue weighted by Gasteiger charge is -2.31. The Morgan fingerprint density at radius 2 is 1.65 bits per heavy atom. The standard InChI is InChI=1S/C25H34F3N3O6/c1-9-11-15-12-10-13-30(15)19-16(25(26,27)28)14-17(18(29-19)20(32)35-8)31(21(33)36-23(2,3)4)22(34)37-24(5,6)7/h9,14-15H,1,10-13H2,2-8H3/t15-/m1/s1. The number of pyridine rings is 1. The SMILES string of the molecule is C=CC[C@@H]1CCCN1c1nc(C(=O)OC)c(N(C(=O)OC(C)(C)C)C(=O)OC(C)(C)C)cc1C(F)(F)F. The summed E-state index contributed by atoms with van der Waals surface area (Å²) in [4.78, 5) is 44.7. The highest BCUT2D eigenvalue weighted by atomic mass is 19.4. The van der Waals surface area contributed by atoms with Crippen molar-refractivity contribution in [3.8, 4) is 0 Å². The second-order valence-electron chi connectivity index (χ2n) is 10.5. The topological polar surface area (TPSA) is 98.3 Å². The molecule has 0 radical (unpaired) electrons. The molecule has 0 spiro atoms. The summed E-state index contributed by atoms with van der Waals surface area (Å²) in [5.41, 5.74) is -4.94. The number of rotatable bonds is 5. The highest BCUT2D eigenvalue weighted by molar-refractivity contribution is 6.13. The number of carbonyl (C=O) groups excluding carboxylic acids is 3. The molecule has 206 valence electrons. The molecule has 0 N–H and O–H groups in total. The smallest absolute Gasteiger partial charge is 0.424 e. The van der Waals surface area contributed by atoms with Crippen molar-refractivity contribution in [1.82, 2.24) is 4.98 Å². The van der Waals surface area contributed by atoms with Gasteiger partial charge >= 0.3 is 24.3 Å². The van der Waals surface area contributed by atoms with Crippen LogP contribution in [-0.2, 0) is 20.4 Å². The summed E-state index contributed by atoms with van der Waals surface area (Å²) in [7, 11) is 1.01. The Labute approximate surface area is 214 Å². The van der Waals surface area contributed by atoms with Gasteiger partial charge < -0.3 is 19.1 Å². The van der Waals surface area contributed by atoms with Crippen molar-refractivity contribution in [3.05, 3.63) is 30.0 Å². The number of anilines is 2. The van der Waals surface area contributed by atoms with Crippen LogP contribution in [0.25, 0.3) is 0 Å². The minimum atomic E-state index is -4.94. The van der Waals surface area contributed by atoms with E-state index in [0.29, 0.717) is 25.3 Å². The summed E-state index contributed by atoms with van der Waals surface area (Å²) in [5, 5.41) is 0. The van der Waals surface area contributed by atoms with Gasteiger partial charge in [0.15, 0.2) is 5.69 Å². The van der Waals surface area contributed by atoms with Gasteiger partial charge in [0.2, 0.25) is 0 Å². The summed E-state index contributed by atoms with van der Waals surface area (Å²) in [6, 6.07) is 0.210. The van der Waals surface area contributed by atoms with Gasteiger partial charge in [-0.25, -0.2) is 19.4 Å². The highest BCUT2D eigenvalue weighted by Crippen LogP contribution is 2.42. The average Bonchev–Trinajstić information content (AvgIpc) is 3.18. The zero-order valence-electron chi connectivity index (χ0n) is 22.2. The number of ether oxygens (including phenoxy) is 3. The molecule has 9 nitrogen and oxygen atoms in total. The predicted octanol–water partition coefficient (Wildman–Crippen LogP) is 6.11. The van der Waals surface area contributed by atoms with Crippen LogP contribution < -0.4 is 9.80 Å². The quantitative estimate of drug-likeness (QED) is 0.256. The summed E-state index contributed by atoms with van der Waals surface area (Å²) in [6.45, 7) is 13.0. The van der Waals surface area contributed by atoms with E-state index in [2.05, 4.69) is 11.6 Å². The Kier molecular flexibility index (Phi) is 8.87. The van der Waals surface area contributed by atoms with Crippen LogP contribution in [0.2, 0.25) is 0 Å². The zero-order chi connectivity index (χ0) is 28.3. The molecule has 1 aromatic heterocycles. The number of aromatic nitrogens is 1. The molecule has 1 atom stereocenters. The van der Waals surface area contributed by atoms with E-state index in [-0.39, 0.29) is 17.5 Å². The number of methoxy groups -OCH3 is 1. The number of alkyl halides is 3. The number of hydrogen-bond acceptors (Lipinski definition) is 8. The number of nitrogens with zero attached hydrogens (tertiary/aromatic N) is 3. The van der Waals surface area contributed by atoms with Gasteiger partial charge in [0.1, 0.15) is 22.6 Å². The van der Waals surface area contributed by atoms with Crippen molar-refractivity contribution in [2.24, 2.45) is 0 Å². The normalized spacial score (nSPS) is 16.3. The number of esters is 1. The summed E-state index contributed by atoms with van der Waals surface area (Å²) in [5.74, 6) is -1.66. The molecule has 2 amide bonds. The van der Waals surface area contributed by atoms with E-state index in [9.17, 15) is 27.6 Å². The second-order valence-corrected chi connectivity index (χ2v) is 10.5. The van der Waals surface area contributed by atoms with Gasteiger partial charge in [-0.2, -0.15) is 18.1 Å². The molecule has 0 saturated carbocycles. The van der Waals surface area contributed by atoms with Crippen LogP contribution in [-0.4, -0.2) is 54.0 Å². The van der Waals surface area contributed by atoms with Crippen LogP contribution in [0.15, 0.2) is 18.7 Å². The van der Waals surface area contributed by atoms with Gasteiger partial charge in [-0.1, -0.05) is 6.08 Å². The highest BCUT2D eigenvalue weighted by Gasteiger charge is 2.43. The zero-order valence-corrected chi connectivity index (χ0v) is 22.2. The first-order valence-corrected chi connectivity index (χ1v) is 11.7. The van der Waals surface area contributed by atoms with Gasteiger partial charge in [0.25, 0.3) is 0 Å². The van der Waals surface area contributed by atoms with Crippen LogP contribution in [0.5, 0.6) is 0 Å². The Morgan fingerprint density at radius 1 is 1.11 bits per heavy atom. The average molecular weight is 530 g/mol. The predicted molar refractivity (Wildman–Crippen MR) is 131 cm³/mol. The summed E-state index contributed by atoms with van der Waals surface area (Å²) < 4.78 is 58.4. The molecule has 0 aliphatic carbocycles. The van der Waals surface area contributed by atoms with Gasteiger partial charge in [0, 0.05) is 12.6 Å². The van der Waals surface area contributed by atoms with Crippen LogP contribution in [0.3, 0.4) is 0 Å². The van der Waals surface area contributed by atoms with E-state index in [1.54, 1.807) is 6.08 Å². The third kappa shape index (κ3) is 7.59. The van der Waals surface area contributed by atoms with E-state index in [1.165, 1.54) is 46.4 Å². The lowest BCUT2D eigenvalue weighted by atomic mass is 10.1. The maximum Gasteiger partial charge on any atom is 0.424 e. The summed E-state index contributed by atoms with van der Waals surface area (Å²) in [6.07, 6.45) is -4.44. The number of carbonyl (C=O) groups is 3. The van der Waals surface area contributed by atoms with Gasteiger partial charge in [-0.05, 0) is 66.9 Å². The van der Waals surface area contributed by atoms with Crippen molar-refractivity contribution in [2.75, 3.05) is 23.5 Å². The monoisotopic (exact) mass is 529 g/mol. The molecular formula is C25H34F3N3O6. The first kappa shape index (κ1) is 29.9. The maximum atomic E-state index is 14.4. The van der Waals surface area contributed by atoms with Crippen molar-refractivity contribution in [2.45, 2.75) is 84.2 Å². The second kappa shape index (κ2) is 11.0. The Balaban J connectivity index is 2.86. The first-order valence-electron chi connectivity index (χ1n) is 11.7. The molecule has 1 aliphatic rings. The van der Waals surface area contributed by atoms with E-state index in [0.717, 1.165) is 7.11 Å². The fourth-order valence-electron chi connectivity index (χ4n) is 3.78. The molecule has 1 aromatic rings. The molecule has 2 rings (SSSR count). The first-order chi connectivity index (χ1) is 16.9. The molecule has 1 saturated heterocycles. The molecule has 0 bridgehead atoms. The van der Waals surface area contributed by atoms with Crippen LogP contribution in [0.4, 0.5) is 34.3 Å². The Bertz CT molecular complexity index is 1020. The molecule has 1 fully saturated rings. The molecule has 2 heterocycles. The third-order valence-electron chi connectivity index (χ3n) is 5.15. The van der Waals surface area contributed by atoms with Gasteiger partial charge in [-0.15, -0.1) is 6.58 Å². The molecule has 1 aliphatic heterocycles. The maximum absolute atomic E-state index is 14.4. The van der Waals surface area contributed by atoms with E-state index >= 15 is 0 Å². The van der Waals surface area contributed by atoms with Crippen molar-refractivity contribution in [3.63, 3.8) is 0 Å². The number of amides is 2. The number of hydrogen-bond donors (Lipinski definition) is 0. The minimum Gasteiger partial charge on any atom is -0.464 e. The van der Waals surface area contributed by atoms with Gasteiger partial charge in [0.05, 0.1) is 12.8 Å². The Hall–Kier alpha value is -3.31. The molecule has 37 heavy (non-hydrogen) atoms. The van der Waals surface area contributed by atoms with E-state index in [4.69, 9.17) is 14.2 Å². The largest absolute Gasteiger partial charge is 0.464 e. The van der Waals surface area contributed by atoms with Gasteiger partial charge in [-0.3, -0.25) is 0 Å². The minimum absolute atomic E-state index is 0.236. The van der Waals surface area contributed by atoms with Crippen molar-refractivity contribution >= 4 is 29.7 Å². The number of imide groups is 1. The molecule has 0 aromatic carbocycles. The third-order valence-corrected chi connectivity index (χ3v) is 5.15. The molecule has 0 unspecified atom stereocenters. The van der Waals surface area contributed by atoms with E-state index in [1.807, 2.05) is 0 Å². The number of halogens is 3. The van der Waals surface area contributed by atoms with E-state index < -0.39 is 58.3 Å². The fraction of sp³-hybridized carbons (Fsp3) is 0.600. The van der Waals surface area contributed by atoms with Crippen LogP contribution in [0, 0.1) is 0 Å². The fourth-order valence-corrected chi connectivity index (χ4v) is 3.78. The van der Waals surface area contributed by atoms with Crippen molar-refractivity contribution < 1.29 is 41.8 Å². The summed E-state index contributed by atoms with van der Waals surface area (Å²) >= 11 is 0.